The van der Waals surface area contributed by atoms with E-state index in [0.717, 1.165) is 27.3 Å². The molecule has 9 heteroatoms. The van der Waals surface area contributed by atoms with Gasteiger partial charge in [0.1, 0.15) is 5.75 Å². The topological polar surface area (TPSA) is 80.9 Å². The van der Waals surface area contributed by atoms with Crippen LogP contribution in [0.2, 0.25) is 0 Å². The summed E-state index contributed by atoms with van der Waals surface area (Å²) in [6.45, 7) is 1.20. The summed E-state index contributed by atoms with van der Waals surface area (Å²) >= 11 is 8.53. The van der Waals surface area contributed by atoms with Gasteiger partial charge in [0.15, 0.2) is 16.6 Å². The lowest BCUT2D eigenvalue weighted by atomic mass is 10.2. The minimum absolute atomic E-state index is 0.161. The molecule has 0 fully saturated rings. The minimum Gasteiger partial charge on any atom is -0.494 e. The largest absolute Gasteiger partial charge is 0.494 e. The van der Waals surface area contributed by atoms with Crippen molar-refractivity contribution in [1.82, 2.24) is 16.2 Å². The highest BCUT2D eigenvalue weighted by Gasteiger charge is 2.13. The van der Waals surface area contributed by atoms with Gasteiger partial charge in [-0.1, -0.05) is 22.0 Å². The fourth-order valence-electron chi connectivity index (χ4n) is 2.42. The predicted molar refractivity (Wildman–Crippen MR) is 112 cm³/mol. The molecule has 1 aliphatic rings. The Morgan fingerprint density at radius 2 is 1.89 bits per heavy atom. The average molecular weight is 466 g/mol. The summed E-state index contributed by atoms with van der Waals surface area (Å²) in [5, 5.41) is 3.35. The van der Waals surface area contributed by atoms with E-state index in [2.05, 4.69) is 32.1 Å². The first-order valence-electron chi connectivity index (χ1n) is 8.70. The number of halogens is 1. The molecular formula is C19H20BrN3O4S. The fourth-order valence-corrected chi connectivity index (χ4v) is 2.81. The van der Waals surface area contributed by atoms with Crippen molar-refractivity contribution in [3.63, 3.8) is 0 Å². The molecule has 0 saturated carbocycles. The number of nitrogens with one attached hydrogen (secondary N) is 3. The molecule has 28 heavy (non-hydrogen) atoms. The van der Waals surface area contributed by atoms with Crippen LogP contribution in [0.1, 0.15) is 18.4 Å². The Morgan fingerprint density at radius 1 is 1.11 bits per heavy atom. The van der Waals surface area contributed by atoms with Crippen LogP contribution in [0.5, 0.6) is 17.2 Å². The lowest BCUT2D eigenvalue weighted by molar-refractivity contribution is -0.121. The molecule has 0 atom stereocenters. The normalized spacial score (nSPS) is 11.6. The van der Waals surface area contributed by atoms with E-state index in [1.165, 1.54) is 0 Å². The maximum absolute atomic E-state index is 11.9. The third kappa shape index (κ3) is 6.28. The molecule has 148 valence electrons. The molecule has 2 aromatic carbocycles. The number of hydrogen-bond donors (Lipinski definition) is 3. The van der Waals surface area contributed by atoms with E-state index in [4.69, 9.17) is 26.4 Å². The SMILES string of the molecule is O=C(CCCOc1ccc(Br)cc1)NNC(=S)NCc1ccc2c(c1)OCO2. The molecule has 0 bridgehead atoms. The van der Waals surface area contributed by atoms with Gasteiger partial charge in [0.25, 0.3) is 0 Å². The maximum Gasteiger partial charge on any atom is 0.238 e. The smallest absolute Gasteiger partial charge is 0.238 e. The first-order valence-corrected chi connectivity index (χ1v) is 9.90. The van der Waals surface area contributed by atoms with Crippen LogP contribution in [-0.4, -0.2) is 24.4 Å². The van der Waals surface area contributed by atoms with Crippen LogP contribution in [-0.2, 0) is 11.3 Å². The summed E-state index contributed by atoms with van der Waals surface area (Å²) in [5.74, 6) is 2.07. The molecule has 0 unspecified atom stereocenters. The van der Waals surface area contributed by atoms with Crippen molar-refractivity contribution in [3.8, 4) is 17.2 Å². The Labute approximate surface area is 176 Å². The van der Waals surface area contributed by atoms with E-state index < -0.39 is 0 Å². The molecule has 7 nitrogen and oxygen atoms in total. The van der Waals surface area contributed by atoms with Crippen molar-refractivity contribution in [2.75, 3.05) is 13.4 Å². The van der Waals surface area contributed by atoms with Gasteiger partial charge in [-0.15, -0.1) is 0 Å². The lowest BCUT2D eigenvalue weighted by Crippen LogP contribution is -2.46. The molecule has 3 N–H and O–H groups in total. The summed E-state index contributed by atoms with van der Waals surface area (Å²) in [4.78, 5) is 11.9. The van der Waals surface area contributed by atoms with Gasteiger partial charge in [-0.05, 0) is 60.6 Å². The molecule has 2 aromatic rings. The number of amides is 1. The third-order valence-electron chi connectivity index (χ3n) is 3.84. The van der Waals surface area contributed by atoms with Gasteiger partial charge < -0.3 is 19.5 Å². The zero-order valence-electron chi connectivity index (χ0n) is 15.0. The number of hydrazine groups is 1. The second-order valence-corrected chi connectivity index (χ2v) is 7.27. The second kappa shape index (κ2) is 10.1. The molecule has 1 amide bonds. The molecule has 1 aliphatic heterocycles. The molecule has 0 aliphatic carbocycles. The van der Waals surface area contributed by atoms with Crippen molar-refractivity contribution in [3.05, 3.63) is 52.5 Å². The highest BCUT2D eigenvalue weighted by atomic mass is 79.9. The van der Waals surface area contributed by atoms with Crippen LogP contribution in [0.15, 0.2) is 46.9 Å². The van der Waals surface area contributed by atoms with Gasteiger partial charge in [-0.25, -0.2) is 0 Å². The van der Waals surface area contributed by atoms with Gasteiger partial charge in [-0.3, -0.25) is 15.6 Å². The Bertz CT molecular complexity index is 832. The minimum atomic E-state index is -0.161. The third-order valence-corrected chi connectivity index (χ3v) is 4.61. The summed E-state index contributed by atoms with van der Waals surface area (Å²) < 4.78 is 17.2. The molecule has 0 saturated heterocycles. The predicted octanol–water partition coefficient (Wildman–Crippen LogP) is 3.03. The average Bonchev–Trinajstić information content (AvgIpc) is 3.17. The lowest BCUT2D eigenvalue weighted by Gasteiger charge is -2.12. The van der Waals surface area contributed by atoms with Crippen molar-refractivity contribution in [2.24, 2.45) is 0 Å². The quantitative estimate of drug-likeness (QED) is 0.329. The van der Waals surface area contributed by atoms with Crippen LogP contribution in [0.3, 0.4) is 0 Å². The monoisotopic (exact) mass is 465 g/mol. The first kappa shape index (κ1) is 20.2. The van der Waals surface area contributed by atoms with Crippen LogP contribution < -0.4 is 30.4 Å². The van der Waals surface area contributed by atoms with Gasteiger partial charge in [-0.2, -0.15) is 0 Å². The van der Waals surface area contributed by atoms with E-state index in [0.29, 0.717) is 31.1 Å². The molecule has 1 heterocycles. The summed E-state index contributed by atoms with van der Waals surface area (Å²) in [6, 6.07) is 13.2. The van der Waals surface area contributed by atoms with Gasteiger partial charge in [0, 0.05) is 17.4 Å². The number of thiocarbonyl (C=S) groups is 1. The van der Waals surface area contributed by atoms with Gasteiger partial charge >= 0.3 is 0 Å². The van der Waals surface area contributed by atoms with Gasteiger partial charge in [0.05, 0.1) is 6.61 Å². The Hall–Kier alpha value is -2.52. The highest BCUT2D eigenvalue weighted by Crippen LogP contribution is 2.32. The molecular weight excluding hydrogens is 446 g/mol. The number of hydrogen-bond acceptors (Lipinski definition) is 5. The number of carbonyl (C=O) groups is 1. The first-order chi connectivity index (χ1) is 13.6. The standard InChI is InChI=1S/C19H20BrN3O4S/c20-14-4-6-15(7-5-14)25-9-1-2-18(24)22-23-19(28)21-11-13-3-8-16-17(10-13)27-12-26-16/h3-8,10H,1-2,9,11-12H2,(H,22,24)(H2,21,23,28). The number of ether oxygens (including phenoxy) is 3. The van der Waals surface area contributed by atoms with E-state index in [1.54, 1.807) is 0 Å². The highest BCUT2D eigenvalue weighted by molar-refractivity contribution is 9.10. The van der Waals surface area contributed by atoms with Crippen LogP contribution in [0.25, 0.3) is 0 Å². The molecule has 0 aromatic heterocycles. The molecule has 0 spiro atoms. The van der Waals surface area contributed by atoms with Crippen molar-refractivity contribution in [2.45, 2.75) is 19.4 Å². The zero-order chi connectivity index (χ0) is 19.8. The Kier molecular flexibility index (Phi) is 7.32. The summed E-state index contributed by atoms with van der Waals surface area (Å²) in [6.07, 6.45) is 0.926. The molecule has 0 radical (unpaired) electrons. The maximum atomic E-state index is 11.9. The Morgan fingerprint density at radius 3 is 2.71 bits per heavy atom. The van der Waals surface area contributed by atoms with E-state index in [-0.39, 0.29) is 12.7 Å². The zero-order valence-corrected chi connectivity index (χ0v) is 17.4. The van der Waals surface area contributed by atoms with Crippen LogP contribution >= 0.6 is 28.1 Å². The second-order valence-electron chi connectivity index (χ2n) is 5.95. The summed E-state index contributed by atoms with van der Waals surface area (Å²) in [5.41, 5.74) is 6.25. The number of benzene rings is 2. The van der Waals surface area contributed by atoms with Crippen molar-refractivity contribution in [1.29, 1.82) is 0 Å². The van der Waals surface area contributed by atoms with Crippen molar-refractivity contribution >= 4 is 39.2 Å². The molecule has 3 rings (SSSR count). The summed E-state index contributed by atoms with van der Waals surface area (Å²) in [7, 11) is 0. The number of rotatable bonds is 7. The van der Waals surface area contributed by atoms with Crippen LogP contribution in [0, 0.1) is 0 Å². The fraction of sp³-hybridized carbons (Fsp3) is 0.263. The van der Waals surface area contributed by atoms with E-state index >= 15 is 0 Å². The Balaban J connectivity index is 1.27. The van der Waals surface area contributed by atoms with E-state index in [9.17, 15) is 4.79 Å². The number of carbonyl (C=O) groups excluding carboxylic acids is 1. The van der Waals surface area contributed by atoms with Crippen LogP contribution in [0.4, 0.5) is 0 Å². The van der Waals surface area contributed by atoms with Gasteiger partial charge in [0.2, 0.25) is 12.7 Å². The number of fused-ring (bicyclic) bond motifs is 1. The van der Waals surface area contributed by atoms with E-state index in [1.807, 2.05) is 42.5 Å². The van der Waals surface area contributed by atoms with Crippen molar-refractivity contribution < 1.29 is 19.0 Å².